The van der Waals surface area contributed by atoms with Crippen molar-refractivity contribution in [1.82, 2.24) is 9.97 Å². The number of nitrogens with zero attached hydrogens (tertiary/aromatic N) is 2. The van der Waals surface area contributed by atoms with Crippen molar-refractivity contribution in [2.75, 3.05) is 12.4 Å². The number of hydrogen-bond donors (Lipinski definition) is 1. The number of methoxy groups -OCH3 is 1. The molecule has 0 aliphatic heterocycles. The Labute approximate surface area is 166 Å². The van der Waals surface area contributed by atoms with Crippen molar-refractivity contribution >= 4 is 32.6 Å². The molecule has 0 radical (unpaired) electrons. The third-order valence-electron chi connectivity index (χ3n) is 4.28. The van der Waals surface area contributed by atoms with Gasteiger partial charge in [-0.1, -0.05) is 17.4 Å². The number of oxazole rings is 1. The average Bonchev–Trinajstić information content (AvgIpc) is 3.32. The SMILES string of the molecule is COc1ccc(-c2cnc(CCC(=O)Nc3nc4ccc(C)cc4s3)o2)cc1. The quantitative estimate of drug-likeness (QED) is 0.507. The molecule has 4 aromatic rings. The molecule has 0 spiro atoms. The number of aromatic nitrogens is 2. The molecule has 1 amide bonds. The number of rotatable bonds is 6. The average molecular weight is 393 g/mol. The molecular weight excluding hydrogens is 374 g/mol. The Morgan fingerprint density at radius 3 is 2.82 bits per heavy atom. The zero-order valence-electron chi connectivity index (χ0n) is 15.6. The highest BCUT2D eigenvalue weighted by Gasteiger charge is 2.11. The maximum absolute atomic E-state index is 12.2. The first kappa shape index (κ1) is 18.2. The third-order valence-corrected chi connectivity index (χ3v) is 5.22. The number of hydrogen-bond acceptors (Lipinski definition) is 6. The molecule has 6 nitrogen and oxygen atoms in total. The van der Waals surface area contributed by atoms with Crippen LogP contribution in [0.2, 0.25) is 0 Å². The van der Waals surface area contributed by atoms with Crippen LogP contribution < -0.4 is 10.1 Å². The van der Waals surface area contributed by atoms with Gasteiger partial charge in [-0.25, -0.2) is 9.97 Å². The molecule has 0 saturated heterocycles. The Balaban J connectivity index is 1.36. The molecule has 2 aromatic heterocycles. The summed E-state index contributed by atoms with van der Waals surface area (Å²) in [6.45, 7) is 2.04. The Hall–Kier alpha value is -3.19. The van der Waals surface area contributed by atoms with Gasteiger partial charge < -0.3 is 14.5 Å². The number of aryl methyl sites for hydroxylation is 2. The van der Waals surface area contributed by atoms with Gasteiger partial charge in [0.2, 0.25) is 5.91 Å². The Morgan fingerprint density at radius 1 is 1.21 bits per heavy atom. The summed E-state index contributed by atoms with van der Waals surface area (Å²) in [4.78, 5) is 21.0. The van der Waals surface area contributed by atoms with E-state index in [0.29, 0.717) is 23.2 Å². The van der Waals surface area contributed by atoms with E-state index in [-0.39, 0.29) is 12.3 Å². The summed E-state index contributed by atoms with van der Waals surface area (Å²) in [6.07, 6.45) is 2.37. The maximum Gasteiger partial charge on any atom is 0.226 e. The first-order valence-corrected chi connectivity index (χ1v) is 9.68. The van der Waals surface area contributed by atoms with E-state index in [0.717, 1.165) is 21.5 Å². The van der Waals surface area contributed by atoms with Crippen molar-refractivity contribution in [3.05, 3.63) is 60.1 Å². The summed E-state index contributed by atoms with van der Waals surface area (Å²) >= 11 is 1.47. The highest BCUT2D eigenvalue weighted by Crippen LogP contribution is 2.27. The molecule has 0 aliphatic rings. The number of carbonyl (C=O) groups is 1. The van der Waals surface area contributed by atoms with E-state index in [1.807, 2.05) is 43.3 Å². The van der Waals surface area contributed by atoms with Crippen molar-refractivity contribution in [2.24, 2.45) is 0 Å². The van der Waals surface area contributed by atoms with Crippen LogP contribution in [0.15, 0.2) is 53.1 Å². The first-order chi connectivity index (χ1) is 13.6. The van der Waals surface area contributed by atoms with Crippen molar-refractivity contribution in [3.8, 4) is 17.1 Å². The largest absolute Gasteiger partial charge is 0.497 e. The second-order valence-corrected chi connectivity index (χ2v) is 7.42. The number of nitrogens with one attached hydrogen (secondary N) is 1. The maximum atomic E-state index is 12.2. The van der Waals surface area contributed by atoms with Gasteiger partial charge in [0.05, 0.1) is 23.5 Å². The van der Waals surface area contributed by atoms with E-state index < -0.39 is 0 Å². The normalized spacial score (nSPS) is 10.9. The lowest BCUT2D eigenvalue weighted by Gasteiger charge is -2.01. The summed E-state index contributed by atoms with van der Waals surface area (Å²) in [7, 11) is 1.63. The summed E-state index contributed by atoms with van der Waals surface area (Å²) in [5.41, 5.74) is 2.97. The number of fused-ring (bicyclic) bond motifs is 1. The predicted molar refractivity (Wildman–Crippen MR) is 110 cm³/mol. The van der Waals surface area contributed by atoms with E-state index >= 15 is 0 Å². The highest BCUT2D eigenvalue weighted by atomic mass is 32.1. The van der Waals surface area contributed by atoms with Crippen molar-refractivity contribution in [1.29, 1.82) is 0 Å². The molecule has 0 fully saturated rings. The lowest BCUT2D eigenvalue weighted by Crippen LogP contribution is -2.12. The molecule has 0 saturated carbocycles. The molecular formula is C21H19N3O3S. The van der Waals surface area contributed by atoms with E-state index in [4.69, 9.17) is 9.15 Å². The summed E-state index contributed by atoms with van der Waals surface area (Å²) < 4.78 is 12.0. The van der Waals surface area contributed by atoms with Crippen LogP contribution >= 0.6 is 11.3 Å². The number of carbonyl (C=O) groups excluding carboxylic acids is 1. The summed E-state index contributed by atoms with van der Waals surface area (Å²) in [6, 6.07) is 13.6. The molecule has 0 unspecified atom stereocenters. The van der Waals surface area contributed by atoms with Gasteiger partial charge in [-0.3, -0.25) is 4.79 Å². The molecule has 0 aliphatic carbocycles. The van der Waals surface area contributed by atoms with Crippen LogP contribution in [0.25, 0.3) is 21.5 Å². The van der Waals surface area contributed by atoms with Gasteiger partial charge in [-0.05, 0) is 48.9 Å². The monoisotopic (exact) mass is 393 g/mol. The molecule has 2 heterocycles. The topological polar surface area (TPSA) is 77.2 Å². The minimum Gasteiger partial charge on any atom is -0.497 e. The van der Waals surface area contributed by atoms with Crippen LogP contribution in [0.1, 0.15) is 17.9 Å². The van der Waals surface area contributed by atoms with Gasteiger partial charge >= 0.3 is 0 Å². The van der Waals surface area contributed by atoms with Gasteiger partial charge in [0.1, 0.15) is 5.75 Å². The van der Waals surface area contributed by atoms with Crippen LogP contribution in [-0.2, 0) is 11.2 Å². The fraction of sp³-hybridized carbons (Fsp3) is 0.190. The summed E-state index contributed by atoms with van der Waals surface area (Å²) in [5.74, 6) is 1.87. The minimum atomic E-state index is -0.111. The predicted octanol–water partition coefficient (Wildman–Crippen LogP) is 4.84. The van der Waals surface area contributed by atoms with E-state index in [1.165, 1.54) is 16.9 Å². The number of benzene rings is 2. The fourth-order valence-corrected chi connectivity index (χ4v) is 3.78. The van der Waals surface area contributed by atoms with Crippen molar-refractivity contribution in [2.45, 2.75) is 19.8 Å². The molecule has 0 atom stereocenters. The second kappa shape index (κ2) is 7.82. The molecule has 142 valence electrons. The summed E-state index contributed by atoms with van der Waals surface area (Å²) in [5, 5.41) is 3.47. The van der Waals surface area contributed by atoms with E-state index in [2.05, 4.69) is 21.4 Å². The molecule has 1 N–H and O–H groups in total. The Morgan fingerprint density at radius 2 is 2.04 bits per heavy atom. The van der Waals surface area contributed by atoms with E-state index in [1.54, 1.807) is 13.3 Å². The van der Waals surface area contributed by atoms with Crippen LogP contribution in [-0.4, -0.2) is 23.0 Å². The van der Waals surface area contributed by atoms with Gasteiger partial charge in [-0.2, -0.15) is 0 Å². The molecule has 0 bridgehead atoms. The smallest absolute Gasteiger partial charge is 0.226 e. The first-order valence-electron chi connectivity index (χ1n) is 8.87. The lowest BCUT2D eigenvalue weighted by molar-refractivity contribution is -0.116. The zero-order chi connectivity index (χ0) is 19.5. The fourth-order valence-electron chi connectivity index (χ4n) is 2.80. The van der Waals surface area contributed by atoms with Crippen LogP contribution in [0.4, 0.5) is 5.13 Å². The van der Waals surface area contributed by atoms with Gasteiger partial charge in [0.25, 0.3) is 0 Å². The molecule has 7 heteroatoms. The Bertz CT molecular complexity index is 1120. The van der Waals surface area contributed by atoms with Crippen LogP contribution in [0.5, 0.6) is 5.75 Å². The van der Waals surface area contributed by atoms with Crippen LogP contribution in [0, 0.1) is 6.92 Å². The highest BCUT2D eigenvalue weighted by molar-refractivity contribution is 7.22. The number of anilines is 1. The molecule has 4 rings (SSSR count). The lowest BCUT2D eigenvalue weighted by atomic mass is 10.2. The number of ether oxygens (including phenoxy) is 1. The molecule has 2 aromatic carbocycles. The van der Waals surface area contributed by atoms with Crippen LogP contribution in [0.3, 0.4) is 0 Å². The number of amides is 1. The van der Waals surface area contributed by atoms with Crippen molar-refractivity contribution < 1.29 is 13.9 Å². The second-order valence-electron chi connectivity index (χ2n) is 6.39. The standard InChI is InChI=1S/C21H19N3O3S/c1-13-3-8-16-18(11-13)28-21(23-16)24-19(25)9-10-20-22-12-17(27-20)14-4-6-15(26-2)7-5-14/h3-8,11-12H,9-10H2,1-2H3,(H,23,24,25). The van der Waals surface area contributed by atoms with E-state index in [9.17, 15) is 4.79 Å². The van der Waals surface area contributed by atoms with Gasteiger partial charge in [0, 0.05) is 18.4 Å². The van der Waals surface area contributed by atoms with Crippen molar-refractivity contribution in [3.63, 3.8) is 0 Å². The number of thiazole rings is 1. The van der Waals surface area contributed by atoms with Gasteiger partial charge in [-0.15, -0.1) is 0 Å². The van der Waals surface area contributed by atoms with Gasteiger partial charge in [0.15, 0.2) is 16.8 Å². The molecule has 28 heavy (non-hydrogen) atoms. The zero-order valence-corrected chi connectivity index (χ0v) is 16.4. The Kier molecular flexibility index (Phi) is 5.08. The minimum absolute atomic E-state index is 0.111. The third kappa shape index (κ3) is 4.04.